The standard InChI is InChI=1S/C22H22FN3O3/c1-29-21-10-9-19(26(27)28)14-17(21)15-25-13-3-12-24-11-2-4-20(24)22(25)16-5-7-18(23)8-6-16/h2,4-11,14,22H,3,12-13,15H2,1H3/t22-/m1/s1. The topological polar surface area (TPSA) is 60.5 Å². The second-order valence-corrected chi connectivity index (χ2v) is 7.16. The number of aromatic nitrogens is 1. The number of ether oxygens (including phenoxy) is 1. The van der Waals surface area contributed by atoms with E-state index in [-0.39, 0.29) is 17.5 Å². The van der Waals surface area contributed by atoms with E-state index in [1.54, 1.807) is 31.4 Å². The Balaban J connectivity index is 1.76. The maximum atomic E-state index is 13.5. The van der Waals surface area contributed by atoms with Crippen LogP contribution in [0, 0.1) is 15.9 Å². The summed E-state index contributed by atoms with van der Waals surface area (Å²) in [7, 11) is 1.57. The molecule has 0 amide bonds. The first-order valence-corrected chi connectivity index (χ1v) is 9.52. The van der Waals surface area contributed by atoms with E-state index >= 15 is 0 Å². The molecule has 1 aliphatic heterocycles. The molecular formula is C22H22FN3O3. The lowest BCUT2D eigenvalue weighted by Gasteiger charge is -2.31. The number of halogens is 1. The van der Waals surface area contributed by atoms with Crippen LogP contribution in [-0.2, 0) is 13.1 Å². The van der Waals surface area contributed by atoms with E-state index in [9.17, 15) is 14.5 Å². The van der Waals surface area contributed by atoms with Gasteiger partial charge >= 0.3 is 0 Å². The van der Waals surface area contributed by atoms with Crippen LogP contribution in [0.4, 0.5) is 10.1 Å². The second-order valence-electron chi connectivity index (χ2n) is 7.16. The van der Waals surface area contributed by atoms with Crippen LogP contribution in [0.25, 0.3) is 0 Å². The lowest BCUT2D eigenvalue weighted by molar-refractivity contribution is -0.385. The molecule has 7 heteroatoms. The van der Waals surface area contributed by atoms with Crippen LogP contribution in [0.1, 0.15) is 29.3 Å². The van der Waals surface area contributed by atoms with Gasteiger partial charge in [0.05, 0.1) is 18.1 Å². The normalized spacial score (nSPS) is 16.8. The van der Waals surface area contributed by atoms with Crippen LogP contribution in [-0.4, -0.2) is 28.0 Å². The van der Waals surface area contributed by atoms with Crippen molar-refractivity contribution in [2.24, 2.45) is 0 Å². The highest BCUT2D eigenvalue weighted by atomic mass is 19.1. The Kier molecular flexibility index (Phi) is 5.31. The number of nitro benzene ring substituents is 1. The number of hydrogen-bond donors (Lipinski definition) is 0. The maximum absolute atomic E-state index is 13.5. The predicted molar refractivity (Wildman–Crippen MR) is 107 cm³/mol. The van der Waals surface area contributed by atoms with E-state index in [0.717, 1.165) is 36.3 Å². The molecular weight excluding hydrogens is 373 g/mol. The Morgan fingerprint density at radius 1 is 1.17 bits per heavy atom. The van der Waals surface area contributed by atoms with Crippen molar-refractivity contribution in [1.29, 1.82) is 0 Å². The van der Waals surface area contributed by atoms with Crippen LogP contribution < -0.4 is 4.74 Å². The summed E-state index contributed by atoms with van der Waals surface area (Å²) in [6, 6.07) is 15.2. The maximum Gasteiger partial charge on any atom is 0.270 e. The van der Waals surface area contributed by atoms with Gasteiger partial charge in [0.25, 0.3) is 5.69 Å². The Hall–Kier alpha value is -3.19. The average Bonchev–Trinajstić information content (AvgIpc) is 3.10. The first-order valence-electron chi connectivity index (χ1n) is 9.52. The molecule has 3 aromatic rings. The summed E-state index contributed by atoms with van der Waals surface area (Å²) >= 11 is 0. The summed E-state index contributed by atoms with van der Waals surface area (Å²) in [6.07, 6.45) is 3.00. The van der Waals surface area contributed by atoms with Gasteiger partial charge in [-0.15, -0.1) is 0 Å². The van der Waals surface area contributed by atoms with E-state index in [2.05, 4.69) is 21.7 Å². The monoisotopic (exact) mass is 395 g/mol. The van der Waals surface area contributed by atoms with Gasteiger partial charge in [-0.05, 0) is 42.3 Å². The van der Waals surface area contributed by atoms with Crippen molar-refractivity contribution >= 4 is 5.69 Å². The van der Waals surface area contributed by atoms with Crippen LogP contribution in [0.3, 0.4) is 0 Å². The summed E-state index contributed by atoms with van der Waals surface area (Å²) in [5.41, 5.74) is 2.90. The fourth-order valence-corrected chi connectivity index (χ4v) is 4.06. The molecule has 0 spiro atoms. The molecule has 4 rings (SSSR count). The van der Waals surface area contributed by atoms with Gasteiger partial charge in [-0.2, -0.15) is 0 Å². The number of aryl methyl sites for hydroxylation is 1. The average molecular weight is 395 g/mol. The fourth-order valence-electron chi connectivity index (χ4n) is 4.06. The van der Waals surface area contributed by atoms with Gasteiger partial charge in [-0.1, -0.05) is 12.1 Å². The zero-order valence-corrected chi connectivity index (χ0v) is 16.1. The SMILES string of the molecule is COc1ccc([N+](=O)[O-])cc1CN1CCCn2cccc2[C@H]1c1ccc(F)cc1. The minimum Gasteiger partial charge on any atom is -0.496 e. The van der Waals surface area contributed by atoms with E-state index in [0.29, 0.717) is 12.3 Å². The highest BCUT2D eigenvalue weighted by molar-refractivity contribution is 5.44. The number of methoxy groups -OCH3 is 1. The Morgan fingerprint density at radius 2 is 1.97 bits per heavy atom. The van der Waals surface area contributed by atoms with Crippen molar-refractivity contribution in [2.45, 2.75) is 25.6 Å². The van der Waals surface area contributed by atoms with E-state index in [1.165, 1.54) is 18.2 Å². The van der Waals surface area contributed by atoms with Crippen LogP contribution >= 0.6 is 0 Å². The number of benzene rings is 2. The molecule has 0 bridgehead atoms. The zero-order valence-electron chi connectivity index (χ0n) is 16.1. The number of nitro groups is 1. The van der Waals surface area contributed by atoms with Gasteiger partial charge < -0.3 is 9.30 Å². The largest absolute Gasteiger partial charge is 0.496 e. The molecule has 6 nitrogen and oxygen atoms in total. The van der Waals surface area contributed by atoms with E-state index < -0.39 is 4.92 Å². The molecule has 1 atom stereocenters. The van der Waals surface area contributed by atoms with Crippen molar-refractivity contribution in [3.8, 4) is 5.75 Å². The third-order valence-electron chi connectivity index (χ3n) is 5.39. The molecule has 2 aromatic carbocycles. The van der Waals surface area contributed by atoms with Gasteiger partial charge in [0.15, 0.2) is 0 Å². The van der Waals surface area contributed by atoms with E-state index in [4.69, 9.17) is 4.74 Å². The van der Waals surface area contributed by atoms with Crippen molar-refractivity contribution < 1.29 is 14.1 Å². The third-order valence-corrected chi connectivity index (χ3v) is 5.39. The predicted octanol–water partition coefficient (Wildman–Crippen LogP) is 4.54. The van der Waals surface area contributed by atoms with Gasteiger partial charge in [0, 0.05) is 49.2 Å². The Morgan fingerprint density at radius 3 is 2.69 bits per heavy atom. The Bertz CT molecular complexity index is 1020. The first kappa shape index (κ1) is 19.1. The van der Waals surface area contributed by atoms with Crippen molar-refractivity contribution in [2.75, 3.05) is 13.7 Å². The number of nitrogens with zero attached hydrogens (tertiary/aromatic N) is 3. The van der Waals surface area contributed by atoms with Gasteiger partial charge in [-0.3, -0.25) is 15.0 Å². The van der Waals surface area contributed by atoms with Crippen LogP contribution in [0.15, 0.2) is 60.8 Å². The van der Waals surface area contributed by atoms with Crippen LogP contribution in [0.5, 0.6) is 5.75 Å². The highest BCUT2D eigenvalue weighted by Gasteiger charge is 2.28. The number of fused-ring (bicyclic) bond motifs is 1. The molecule has 150 valence electrons. The van der Waals surface area contributed by atoms with E-state index in [1.807, 2.05) is 6.07 Å². The molecule has 1 aliphatic rings. The van der Waals surface area contributed by atoms with Gasteiger partial charge in [-0.25, -0.2) is 4.39 Å². The number of rotatable bonds is 5. The lowest BCUT2D eigenvalue weighted by Crippen LogP contribution is -2.29. The minimum atomic E-state index is -0.395. The summed E-state index contributed by atoms with van der Waals surface area (Å²) in [6.45, 7) is 2.18. The fraction of sp³-hybridized carbons (Fsp3) is 0.273. The molecule has 0 radical (unpaired) electrons. The van der Waals surface area contributed by atoms with Crippen molar-refractivity contribution in [1.82, 2.24) is 9.47 Å². The smallest absolute Gasteiger partial charge is 0.270 e. The highest BCUT2D eigenvalue weighted by Crippen LogP contribution is 2.35. The number of hydrogen-bond acceptors (Lipinski definition) is 4. The molecule has 0 unspecified atom stereocenters. The molecule has 0 saturated heterocycles. The Labute approximate surface area is 168 Å². The molecule has 29 heavy (non-hydrogen) atoms. The number of non-ortho nitro benzene ring substituents is 1. The molecule has 1 aromatic heterocycles. The van der Waals surface area contributed by atoms with Crippen molar-refractivity contribution in [3.05, 3.63) is 93.5 Å². The van der Waals surface area contributed by atoms with Crippen molar-refractivity contribution in [3.63, 3.8) is 0 Å². The molecule has 0 fully saturated rings. The zero-order chi connectivity index (χ0) is 20.4. The molecule has 2 heterocycles. The summed E-state index contributed by atoms with van der Waals surface area (Å²) < 4.78 is 21.2. The quantitative estimate of drug-likeness (QED) is 0.470. The lowest BCUT2D eigenvalue weighted by atomic mass is 10.0. The molecule has 0 N–H and O–H groups in total. The second kappa shape index (κ2) is 8.05. The first-order chi connectivity index (χ1) is 14.1. The molecule has 0 saturated carbocycles. The summed E-state index contributed by atoms with van der Waals surface area (Å²) in [5, 5.41) is 11.3. The van der Waals surface area contributed by atoms with Gasteiger partial charge in [0.1, 0.15) is 11.6 Å². The summed E-state index contributed by atoms with van der Waals surface area (Å²) in [4.78, 5) is 13.1. The third kappa shape index (κ3) is 3.86. The minimum absolute atomic E-state index is 0.0392. The van der Waals surface area contributed by atoms with Crippen LogP contribution in [0.2, 0.25) is 0 Å². The summed E-state index contributed by atoms with van der Waals surface area (Å²) in [5.74, 6) is 0.345. The van der Waals surface area contributed by atoms with Gasteiger partial charge in [0.2, 0.25) is 0 Å². The molecule has 0 aliphatic carbocycles.